The summed E-state index contributed by atoms with van der Waals surface area (Å²) < 4.78 is 0.259. The Bertz CT molecular complexity index is 334. The quantitative estimate of drug-likeness (QED) is 0.772. The summed E-state index contributed by atoms with van der Waals surface area (Å²) in [5, 5.41) is 3.43. The molecule has 0 spiro atoms. The Morgan fingerprint density at radius 2 is 2.07 bits per heavy atom. The molecule has 0 amide bonds. The molecule has 0 radical (unpaired) electrons. The first-order chi connectivity index (χ1) is 6.94. The normalized spacial score (nSPS) is 11.5. The van der Waals surface area contributed by atoms with Crippen molar-refractivity contribution in [2.45, 2.75) is 25.5 Å². The minimum atomic E-state index is 0.259. The molecule has 0 bridgehead atoms. The fraction of sp³-hybridized carbons (Fsp3) is 0.500. The van der Waals surface area contributed by atoms with Crippen molar-refractivity contribution >= 4 is 23.1 Å². The van der Waals surface area contributed by atoms with Crippen LogP contribution in [0.3, 0.4) is 0 Å². The van der Waals surface area contributed by atoms with Crippen LogP contribution in [0.2, 0.25) is 0 Å². The average Bonchev–Trinajstić information content (AvgIpc) is 2.20. The molecule has 0 heterocycles. The molecule has 3 heteroatoms. The van der Waals surface area contributed by atoms with E-state index in [1.165, 1.54) is 0 Å². The van der Waals surface area contributed by atoms with E-state index in [1.54, 1.807) is 0 Å². The second-order valence-electron chi connectivity index (χ2n) is 4.39. The van der Waals surface area contributed by atoms with Gasteiger partial charge in [-0.3, -0.25) is 0 Å². The lowest BCUT2D eigenvalue weighted by molar-refractivity contribution is 0.752. The predicted octanol–water partition coefficient (Wildman–Crippen LogP) is 3.13. The van der Waals surface area contributed by atoms with E-state index in [4.69, 9.17) is 5.73 Å². The lowest BCUT2D eigenvalue weighted by atomic mass is 10.1. The summed E-state index contributed by atoms with van der Waals surface area (Å²) in [6, 6.07) is 6.06. The molecule has 0 saturated carbocycles. The minimum absolute atomic E-state index is 0.259. The summed E-state index contributed by atoms with van der Waals surface area (Å²) in [5.74, 6) is 0. The van der Waals surface area contributed by atoms with Crippen molar-refractivity contribution in [3.05, 3.63) is 23.8 Å². The number of nitrogens with two attached hydrogens (primary N) is 1. The summed E-state index contributed by atoms with van der Waals surface area (Å²) in [7, 11) is 0. The van der Waals surface area contributed by atoms with E-state index < -0.39 is 0 Å². The maximum atomic E-state index is 5.76. The third-order valence-electron chi connectivity index (χ3n) is 2.54. The Balaban J connectivity index is 2.62. The van der Waals surface area contributed by atoms with Crippen molar-refractivity contribution in [2.75, 3.05) is 23.9 Å². The Labute approximate surface area is 96.6 Å². The molecule has 0 aromatic heterocycles. The Morgan fingerprint density at radius 3 is 2.60 bits per heavy atom. The molecule has 1 aromatic rings. The molecule has 0 aliphatic rings. The molecule has 0 saturated heterocycles. The summed E-state index contributed by atoms with van der Waals surface area (Å²) in [5.41, 5.74) is 8.89. The zero-order chi connectivity index (χ0) is 11.5. The van der Waals surface area contributed by atoms with E-state index in [0.29, 0.717) is 0 Å². The zero-order valence-corrected chi connectivity index (χ0v) is 10.7. The van der Waals surface area contributed by atoms with Gasteiger partial charge in [-0.2, -0.15) is 11.8 Å². The van der Waals surface area contributed by atoms with Gasteiger partial charge in [-0.1, -0.05) is 0 Å². The van der Waals surface area contributed by atoms with Gasteiger partial charge in [0.2, 0.25) is 0 Å². The third kappa shape index (κ3) is 3.67. The van der Waals surface area contributed by atoms with Crippen molar-refractivity contribution < 1.29 is 0 Å². The van der Waals surface area contributed by atoms with Crippen LogP contribution in [0.1, 0.15) is 19.4 Å². The van der Waals surface area contributed by atoms with Gasteiger partial charge < -0.3 is 11.1 Å². The van der Waals surface area contributed by atoms with Crippen LogP contribution in [0, 0.1) is 6.92 Å². The SMILES string of the molecule is CSC(C)(C)CNc1ccc(N)c(C)c1. The zero-order valence-electron chi connectivity index (χ0n) is 9.92. The van der Waals surface area contributed by atoms with Crippen LogP contribution in [0.25, 0.3) is 0 Å². The molecule has 0 unspecified atom stereocenters. The van der Waals surface area contributed by atoms with E-state index in [2.05, 4.69) is 31.5 Å². The molecule has 0 fully saturated rings. The molecule has 3 N–H and O–H groups in total. The second kappa shape index (κ2) is 4.79. The van der Waals surface area contributed by atoms with Crippen LogP contribution in [-0.2, 0) is 0 Å². The van der Waals surface area contributed by atoms with E-state index >= 15 is 0 Å². The fourth-order valence-electron chi connectivity index (χ4n) is 1.17. The largest absolute Gasteiger partial charge is 0.399 e. The number of thioether (sulfide) groups is 1. The molecule has 2 nitrogen and oxygen atoms in total. The first-order valence-electron chi connectivity index (χ1n) is 5.10. The van der Waals surface area contributed by atoms with Gasteiger partial charge in [0.25, 0.3) is 0 Å². The molecule has 0 aliphatic heterocycles. The number of anilines is 2. The topological polar surface area (TPSA) is 38.0 Å². The highest BCUT2D eigenvalue weighted by Gasteiger charge is 2.15. The number of nitrogen functional groups attached to an aromatic ring is 1. The summed E-state index contributed by atoms with van der Waals surface area (Å²) in [6.07, 6.45) is 2.13. The average molecular weight is 224 g/mol. The van der Waals surface area contributed by atoms with E-state index in [1.807, 2.05) is 30.8 Å². The van der Waals surface area contributed by atoms with Crippen LogP contribution in [0.15, 0.2) is 18.2 Å². The molecule has 84 valence electrons. The molecule has 1 rings (SSSR count). The van der Waals surface area contributed by atoms with Gasteiger partial charge >= 0.3 is 0 Å². The van der Waals surface area contributed by atoms with E-state index in [9.17, 15) is 0 Å². The monoisotopic (exact) mass is 224 g/mol. The van der Waals surface area contributed by atoms with E-state index in [-0.39, 0.29) is 4.75 Å². The highest BCUT2D eigenvalue weighted by atomic mass is 32.2. The van der Waals surface area contributed by atoms with Crippen LogP contribution < -0.4 is 11.1 Å². The number of hydrogen-bond acceptors (Lipinski definition) is 3. The number of aryl methyl sites for hydroxylation is 1. The lowest BCUT2D eigenvalue weighted by Crippen LogP contribution is -2.25. The molecular weight excluding hydrogens is 204 g/mol. The summed E-state index contributed by atoms with van der Waals surface area (Å²) in [4.78, 5) is 0. The first-order valence-corrected chi connectivity index (χ1v) is 6.32. The van der Waals surface area contributed by atoms with Gasteiger partial charge in [0.15, 0.2) is 0 Å². The van der Waals surface area contributed by atoms with Crippen LogP contribution >= 0.6 is 11.8 Å². The number of benzene rings is 1. The molecule has 15 heavy (non-hydrogen) atoms. The Hall–Kier alpha value is -0.830. The highest BCUT2D eigenvalue weighted by molar-refractivity contribution is 7.99. The molecular formula is C12H20N2S. The third-order valence-corrected chi connectivity index (χ3v) is 3.79. The van der Waals surface area contributed by atoms with Gasteiger partial charge in [-0.05, 0) is 50.8 Å². The van der Waals surface area contributed by atoms with Gasteiger partial charge in [0.05, 0.1) is 0 Å². The molecule has 0 atom stereocenters. The van der Waals surface area contributed by atoms with E-state index in [0.717, 1.165) is 23.5 Å². The number of hydrogen-bond donors (Lipinski definition) is 2. The summed E-state index contributed by atoms with van der Waals surface area (Å²) >= 11 is 1.87. The van der Waals surface area contributed by atoms with Crippen molar-refractivity contribution in [1.29, 1.82) is 0 Å². The molecule has 0 aliphatic carbocycles. The summed E-state index contributed by atoms with van der Waals surface area (Å²) in [6.45, 7) is 7.45. The Kier molecular flexibility index (Phi) is 3.91. The standard InChI is InChI=1S/C12H20N2S/c1-9-7-10(5-6-11(9)13)14-8-12(2,3)15-4/h5-7,14H,8,13H2,1-4H3. The minimum Gasteiger partial charge on any atom is -0.399 e. The Morgan fingerprint density at radius 1 is 1.40 bits per heavy atom. The van der Waals surface area contributed by atoms with Gasteiger partial charge in [0, 0.05) is 22.7 Å². The highest BCUT2D eigenvalue weighted by Crippen LogP contribution is 2.23. The maximum Gasteiger partial charge on any atom is 0.0345 e. The smallest absolute Gasteiger partial charge is 0.0345 e. The fourth-order valence-corrected chi connectivity index (χ4v) is 1.39. The van der Waals surface area contributed by atoms with Gasteiger partial charge in [-0.15, -0.1) is 0 Å². The lowest BCUT2D eigenvalue weighted by Gasteiger charge is -2.23. The molecule has 1 aromatic carbocycles. The second-order valence-corrected chi connectivity index (χ2v) is 5.90. The van der Waals surface area contributed by atoms with Gasteiger partial charge in [-0.25, -0.2) is 0 Å². The van der Waals surface area contributed by atoms with Crippen molar-refractivity contribution in [3.63, 3.8) is 0 Å². The number of nitrogens with one attached hydrogen (secondary N) is 1. The van der Waals surface area contributed by atoms with Crippen LogP contribution in [0.5, 0.6) is 0 Å². The van der Waals surface area contributed by atoms with Gasteiger partial charge in [0.1, 0.15) is 0 Å². The number of rotatable bonds is 4. The van der Waals surface area contributed by atoms with Crippen LogP contribution in [-0.4, -0.2) is 17.5 Å². The predicted molar refractivity (Wildman–Crippen MR) is 71.7 cm³/mol. The first kappa shape index (κ1) is 12.2. The van der Waals surface area contributed by atoms with Crippen molar-refractivity contribution in [3.8, 4) is 0 Å². The van der Waals surface area contributed by atoms with Crippen molar-refractivity contribution in [2.24, 2.45) is 0 Å². The van der Waals surface area contributed by atoms with Crippen LogP contribution in [0.4, 0.5) is 11.4 Å². The maximum absolute atomic E-state index is 5.76. The van der Waals surface area contributed by atoms with Crippen molar-refractivity contribution in [1.82, 2.24) is 0 Å².